The summed E-state index contributed by atoms with van der Waals surface area (Å²) < 4.78 is 13.5. The number of fused-ring (bicyclic) bond motifs is 1. The van der Waals surface area contributed by atoms with Crippen molar-refractivity contribution in [2.45, 2.75) is 26.2 Å². The highest BCUT2D eigenvalue weighted by Gasteiger charge is 2.23. The molecule has 0 fully saturated rings. The molecular formula is C15H17FN4. The van der Waals surface area contributed by atoms with E-state index in [0.717, 1.165) is 30.0 Å². The average Bonchev–Trinajstić information content (AvgIpc) is 2.80. The second kappa shape index (κ2) is 4.74. The van der Waals surface area contributed by atoms with Gasteiger partial charge in [-0.2, -0.15) is 0 Å². The van der Waals surface area contributed by atoms with Gasteiger partial charge in [0.2, 0.25) is 0 Å². The van der Waals surface area contributed by atoms with Crippen LogP contribution in [0.2, 0.25) is 0 Å². The molecule has 0 aliphatic carbocycles. The number of nitrogens with zero attached hydrogens (tertiary/aromatic N) is 3. The Morgan fingerprint density at radius 3 is 2.80 bits per heavy atom. The molecule has 0 radical (unpaired) electrons. The quantitative estimate of drug-likeness (QED) is 0.913. The molecule has 1 aliphatic rings. The standard InChI is InChI=1S/C15H17FN4/c1-9(2)15-18-13(17)8-14(19-15)20-6-5-10-3-4-11(16)7-12(10)20/h3-4,7-9H,5-6H2,1-2H3,(H2,17,18,19). The maximum absolute atomic E-state index is 13.5. The van der Waals surface area contributed by atoms with Gasteiger partial charge in [-0.05, 0) is 24.1 Å². The number of nitrogens with two attached hydrogens (primary N) is 1. The Balaban J connectivity index is 2.06. The zero-order chi connectivity index (χ0) is 14.3. The van der Waals surface area contributed by atoms with Crippen LogP contribution in [0.5, 0.6) is 0 Å². The molecule has 0 saturated heterocycles. The van der Waals surface area contributed by atoms with Crippen LogP contribution in [0.4, 0.5) is 21.7 Å². The van der Waals surface area contributed by atoms with Crippen LogP contribution < -0.4 is 10.6 Å². The van der Waals surface area contributed by atoms with Gasteiger partial charge in [0, 0.05) is 24.2 Å². The molecule has 0 atom stereocenters. The minimum absolute atomic E-state index is 0.201. The van der Waals surface area contributed by atoms with Gasteiger partial charge in [-0.3, -0.25) is 0 Å². The number of hydrogen-bond donors (Lipinski definition) is 1. The molecule has 0 spiro atoms. The van der Waals surface area contributed by atoms with Crippen LogP contribution in [0, 0.1) is 5.82 Å². The maximum Gasteiger partial charge on any atom is 0.138 e. The highest BCUT2D eigenvalue weighted by Crippen LogP contribution is 2.34. The molecule has 0 unspecified atom stereocenters. The van der Waals surface area contributed by atoms with E-state index in [4.69, 9.17) is 5.73 Å². The van der Waals surface area contributed by atoms with Crippen molar-refractivity contribution >= 4 is 17.3 Å². The second-order valence-corrected chi connectivity index (χ2v) is 5.34. The minimum atomic E-state index is -0.234. The van der Waals surface area contributed by atoms with E-state index in [1.165, 1.54) is 6.07 Å². The zero-order valence-corrected chi connectivity index (χ0v) is 11.6. The summed E-state index contributed by atoms with van der Waals surface area (Å²) >= 11 is 0. The largest absolute Gasteiger partial charge is 0.384 e. The number of rotatable bonds is 2. The molecule has 2 aromatic rings. The summed E-state index contributed by atoms with van der Waals surface area (Å²) in [5.74, 6) is 1.87. The molecule has 2 heterocycles. The number of nitrogen functional groups attached to an aromatic ring is 1. The summed E-state index contributed by atoms with van der Waals surface area (Å²) in [6, 6.07) is 6.62. The van der Waals surface area contributed by atoms with Gasteiger partial charge in [-0.1, -0.05) is 19.9 Å². The zero-order valence-electron chi connectivity index (χ0n) is 11.6. The minimum Gasteiger partial charge on any atom is -0.384 e. The second-order valence-electron chi connectivity index (χ2n) is 5.34. The smallest absolute Gasteiger partial charge is 0.138 e. The molecule has 0 amide bonds. The normalized spacial score (nSPS) is 13.9. The lowest BCUT2D eigenvalue weighted by molar-refractivity contribution is 0.628. The number of benzene rings is 1. The molecule has 20 heavy (non-hydrogen) atoms. The van der Waals surface area contributed by atoms with Crippen LogP contribution >= 0.6 is 0 Å². The maximum atomic E-state index is 13.5. The van der Waals surface area contributed by atoms with Gasteiger partial charge in [0.1, 0.15) is 23.3 Å². The van der Waals surface area contributed by atoms with Gasteiger partial charge in [0.25, 0.3) is 0 Å². The molecule has 0 bridgehead atoms. The van der Waals surface area contributed by atoms with Crippen molar-refractivity contribution in [2.75, 3.05) is 17.2 Å². The number of aromatic nitrogens is 2. The summed E-state index contributed by atoms with van der Waals surface area (Å²) in [5, 5.41) is 0. The van der Waals surface area contributed by atoms with Gasteiger partial charge in [0.05, 0.1) is 0 Å². The molecule has 104 valence electrons. The van der Waals surface area contributed by atoms with Crippen LogP contribution in [0.25, 0.3) is 0 Å². The number of hydrogen-bond acceptors (Lipinski definition) is 4. The van der Waals surface area contributed by atoms with E-state index < -0.39 is 0 Å². The third kappa shape index (κ3) is 2.19. The summed E-state index contributed by atoms with van der Waals surface area (Å²) in [5.41, 5.74) is 7.87. The van der Waals surface area contributed by atoms with Crippen molar-refractivity contribution in [2.24, 2.45) is 0 Å². The first-order valence-corrected chi connectivity index (χ1v) is 6.75. The molecule has 1 aliphatic heterocycles. The van der Waals surface area contributed by atoms with Gasteiger partial charge >= 0.3 is 0 Å². The molecule has 0 saturated carbocycles. The van der Waals surface area contributed by atoms with Gasteiger partial charge in [-0.25, -0.2) is 14.4 Å². The van der Waals surface area contributed by atoms with Crippen LogP contribution in [0.1, 0.15) is 31.2 Å². The van der Waals surface area contributed by atoms with Crippen molar-refractivity contribution in [3.8, 4) is 0 Å². The lowest BCUT2D eigenvalue weighted by atomic mass is 10.2. The van der Waals surface area contributed by atoms with E-state index in [0.29, 0.717) is 11.6 Å². The topological polar surface area (TPSA) is 55.0 Å². The summed E-state index contributed by atoms with van der Waals surface area (Å²) in [6.07, 6.45) is 0.885. The Bertz CT molecular complexity index is 654. The van der Waals surface area contributed by atoms with E-state index in [1.54, 1.807) is 12.1 Å². The van der Waals surface area contributed by atoms with E-state index in [2.05, 4.69) is 9.97 Å². The SMILES string of the molecule is CC(C)c1nc(N)cc(N2CCc3ccc(F)cc32)n1. The van der Waals surface area contributed by atoms with Gasteiger partial charge in [0.15, 0.2) is 0 Å². The fourth-order valence-corrected chi connectivity index (χ4v) is 2.46. The van der Waals surface area contributed by atoms with Crippen molar-refractivity contribution < 1.29 is 4.39 Å². The summed E-state index contributed by atoms with van der Waals surface area (Å²) in [7, 11) is 0. The van der Waals surface area contributed by atoms with Crippen molar-refractivity contribution in [1.82, 2.24) is 9.97 Å². The van der Waals surface area contributed by atoms with Crippen LogP contribution in [0.15, 0.2) is 24.3 Å². The molecule has 3 rings (SSSR count). The first kappa shape index (κ1) is 12.8. The van der Waals surface area contributed by atoms with Crippen LogP contribution in [0.3, 0.4) is 0 Å². The first-order valence-electron chi connectivity index (χ1n) is 6.75. The Morgan fingerprint density at radius 2 is 2.05 bits per heavy atom. The van der Waals surface area contributed by atoms with Crippen molar-refractivity contribution in [1.29, 1.82) is 0 Å². The lowest BCUT2D eigenvalue weighted by Crippen LogP contribution is -2.17. The Kier molecular flexibility index (Phi) is 3.04. The summed E-state index contributed by atoms with van der Waals surface area (Å²) in [4.78, 5) is 10.8. The van der Waals surface area contributed by atoms with Crippen LogP contribution in [-0.2, 0) is 6.42 Å². The Hall–Kier alpha value is -2.17. The third-order valence-electron chi connectivity index (χ3n) is 3.49. The highest BCUT2D eigenvalue weighted by molar-refractivity contribution is 5.68. The predicted octanol–water partition coefficient (Wildman–Crippen LogP) is 3.02. The molecular weight excluding hydrogens is 255 g/mol. The van der Waals surface area contributed by atoms with E-state index in [1.807, 2.05) is 24.8 Å². The molecule has 1 aromatic heterocycles. The lowest BCUT2D eigenvalue weighted by Gasteiger charge is -2.20. The highest BCUT2D eigenvalue weighted by atomic mass is 19.1. The van der Waals surface area contributed by atoms with Crippen molar-refractivity contribution in [3.05, 3.63) is 41.5 Å². The number of halogens is 1. The van der Waals surface area contributed by atoms with Gasteiger partial charge < -0.3 is 10.6 Å². The van der Waals surface area contributed by atoms with Crippen LogP contribution in [-0.4, -0.2) is 16.5 Å². The Labute approximate surface area is 117 Å². The molecule has 2 N–H and O–H groups in total. The van der Waals surface area contributed by atoms with E-state index in [9.17, 15) is 4.39 Å². The van der Waals surface area contributed by atoms with E-state index >= 15 is 0 Å². The predicted molar refractivity (Wildman–Crippen MR) is 77.6 cm³/mol. The first-order chi connectivity index (χ1) is 9.54. The third-order valence-corrected chi connectivity index (χ3v) is 3.49. The Morgan fingerprint density at radius 1 is 1.25 bits per heavy atom. The fourth-order valence-electron chi connectivity index (χ4n) is 2.46. The van der Waals surface area contributed by atoms with Crippen molar-refractivity contribution in [3.63, 3.8) is 0 Å². The van der Waals surface area contributed by atoms with E-state index in [-0.39, 0.29) is 11.7 Å². The molecule has 1 aromatic carbocycles. The summed E-state index contributed by atoms with van der Waals surface area (Å²) in [6.45, 7) is 4.83. The fraction of sp³-hybridized carbons (Fsp3) is 0.333. The van der Waals surface area contributed by atoms with Gasteiger partial charge in [-0.15, -0.1) is 0 Å². The monoisotopic (exact) mass is 272 g/mol. The average molecular weight is 272 g/mol. The number of anilines is 3. The molecule has 5 heteroatoms. The molecule has 4 nitrogen and oxygen atoms in total.